The van der Waals surface area contributed by atoms with Crippen molar-refractivity contribution in [1.82, 2.24) is 19.7 Å². The number of halogens is 3. The van der Waals surface area contributed by atoms with Crippen LogP contribution in [0.5, 0.6) is 0 Å². The molecule has 11 heteroatoms. The van der Waals surface area contributed by atoms with Crippen molar-refractivity contribution in [3.05, 3.63) is 60.4 Å². The summed E-state index contributed by atoms with van der Waals surface area (Å²) in [7, 11) is 0. The predicted molar refractivity (Wildman–Crippen MR) is 131 cm³/mol. The van der Waals surface area contributed by atoms with Crippen LogP contribution < -0.4 is 16.4 Å². The fourth-order valence-electron chi connectivity index (χ4n) is 3.34. The van der Waals surface area contributed by atoms with Gasteiger partial charge in [0.2, 0.25) is 0 Å². The minimum atomic E-state index is -4.49. The van der Waals surface area contributed by atoms with Crippen LogP contribution >= 0.6 is 0 Å². The van der Waals surface area contributed by atoms with Gasteiger partial charge in [-0.2, -0.15) is 18.3 Å². The van der Waals surface area contributed by atoms with Crippen molar-refractivity contribution in [3.63, 3.8) is 0 Å². The van der Waals surface area contributed by atoms with E-state index in [1.807, 2.05) is 27.7 Å². The van der Waals surface area contributed by atoms with Crippen LogP contribution in [0.2, 0.25) is 0 Å². The molecule has 0 bridgehead atoms. The zero-order valence-corrected chi connectivity index (χ0v) is 19.7. The number of nitrogens with zero attached hydrogens (tertiary/aromatic N) is 4. The van der Waals surface area contributed by atoms with Crippen LogP contribution in [0.25, 0.3) is 22.3 Å². The summed E-state index contributed by atoms with van der Waals surface area (Å²) in [6.07, 6.45) is -3.11. The molecule has 0 spiro atoms. The molecule has 0 saturated carbocycles. The number of carbonyl (C=O) groups is 1. The van der Waals surface area contributed by atoms with E-state index in [0.29, 0.717) is 28.2 Å². The Hall–Kier alpha value is -4.15. The lowest BCUT2D eigenvalue weighted by atomic mass is 10.1. The van der Waals surface area contributed by atoms with Crippen molar-refractivity contribution in [1.29, 1.82) is 0 Å². The fraction of sp³-hybridized carbons (Fsp3) is 0.250. The van der Waals surface area contributed by atoms with Crippen LogP contribution in [0.15, 0.2) is 54.9 Å². The van der Waals surface area contributed by atoms with Crippen LogP contribution in [-0.4, -0.2) is 25.8 Å². The molecule has 0 fully saturated rings. The Kier molecular flexibility index (Phi) is 7.58. The first-order valence-electron chi connectivity index (χ1n) is 11.0. The van der Waals surface area contributed by atoms with Crippen LogP contribution in [-0.2, 0) is 6.18 Å². The zero-order valence-electron chi connectivity index (χ0n) is 19.7. The summed E-state index contributed by atoms with van der Waals surface area (Å²) in [6.45, 7) is 7.95. The van der Waals surface area contributed by atoms with Gasteiger partial charge in [-0.3, -0.25) is 0 Å². The number of amides is 2. The average molecular weight is 486 g/mol. The molecule has 184 valence electrons. The molecule has 0 unspecified atom stereocenters. The monoisotopic (exact) mass is 485 g/mol. The van der Waals surface area contributed by atoms with Gasteiger partial charge in [0.15, 0.2) is 5.65 Å². The van der Waals surface area contributed by atoms with Crippen LogP contribution in [0.1, 0.15) is 39.3 Å². The molecule has 4 rings (SSSR count). The van der Waals surface area contributed by atoms with E-state index >= 15 is 0 Å². The Balaban J connectivity index is 0.00000167. The molecule has 0 aliphatic carbocycles. The number of rotatable bonds is 4. The molecule has 4 N–H and O–H groups in total. The molecule has 0 radical (unpaired) electrons. The Morgan fingerprint density at radius 2 is 1.66 bits per heavy atom. The Labute approximate surface area is 200 Å². The normalized spacial score (nSPS) is 11.2. The number of nitrogens with two attached hydrogens (primary N) is 1. The summed E-state index contributed by atoms with van der Waals surface area (Å²) in [5.74, 6) is 0.310. The zero-order chi connectivity index (χ0) is 25.8. The predicted octanol–water partition coefficient (Wildman–Crippen LogP) is 6.35. The molecule has 2 aromatic heterocycles. The fourth-order valence-corrected chi connectivity index (χ4v) is 3.34. The molecule has 2 heterocycles. The highest BCUT2D eigenvalue weighted by Gasteiger charge is 2.30. The molecule has 0 aliphatic rings. The van der Waals surface area contributed by atoms with E-state index < -0.39 is 17.8 Å². The van der Waals surface area contributed by atoms with E-state index in [2.05, 4.69) is 25.7 Å². The minimum Gasteiger partial charge on any atom is -0.383 e. The molecule has 0 atom stereocenters. The number of nitrogen functional groups attached to an aromatic ring is 1. The van der Waals surface area contributed by atoms with Gasteiger partial charge in [-0.25, -0.2) is 19.4 Å². The maximum absolute atomic E-state index is 12.8. The van der Waals surface area contributed by atoms with E-state index in [0.717, 1.165) is 17.7 Å². The molecular formula is C24H26F3N7O. The van der Waals surface area contributed by atoms with E-state index in [-0.39, 0.29) is 11.7 Å². The quantitative estimate of drug-likeness (QED) is 0.312. The lowest BCUT2D eigenvalue weighted by molar-refractivity contribution is -0.137. The number of aromatic nitrogens is 4. The number of nitrogens with one attached hydrogen (secondary N) is 2. The Morgan fingerprint density at radius 3 is 2.29 bits per heavy atom. The lowest BCUT2D eigenvalue weighted by Gasteiger charge is -2.11. The molecule has 35 heavy (non-hydrogen) atoms. The van der Waals surface area contributed by atoms with Crippen molar-refractivity contribution < 1.29 is 18.0 Å². The van der Waals surface area contributed by atoms with Gasteiger partial charge in [-0.05, 0) is 44.2 Å². The standard InChI is InChI=1S/C22H20F3N7O.C2H6/c1-12(2)32-20-17(19(26)27-11-28-20)18(31-32)13-6-8-15(9-7-13)29-21(33)30-16-5-3-4-14(10-16)22(23,24)25;1-2/h3-12H,1-2H3,(H2,26,27,28)(H2,29,30,33);1-2H3. The lowest BCUT2D eigenvalue weighted by Crippen LogP contribution is -2.19. The smallest absolute Gasteiger partial charge is 0.383 e. The summed E-state index contributed by atoms with van der Waals surface area (Å²) in [5.41, 5.74) is 7.67. The van der Waals surface area contributed by atoms with Crippen molar-refractivity contribution in [2.75, 3.05) is 16.4 Å². The second kappa shape index (κ2) is 10.4. The SMILES string of the molecule is CC.CC(C)n1nc(-c2ccc(NC(=O)Nc3cccc(C(F)(F)F)c3)cc2)c2c(N)ncnc21. The first-order chi connectivity index (χ1) is 16.6. The number of hydrogen-bond donors (Lipinski definition) is 3. The molecule has 0 saturated heterocycles. The van der Waals surface area contributed by atoms with Gasteiger partial charge < -0.3 is 16.4 Å². The van der Waals surface area contributed by atoms with Crippen molar-refractivity contribution >= 4 is 34.3 Å². The van der Waals surface area contributed by atoms with Crippen LogP contribution in [0, 0.1) is 0 Å². The van der Waals surface area contributed by atoms with Gasteiger partial charge >= 0.3 is 12.2 Å². The summed E-state index contributed by atoms with van der Waals surface area (Å²) in [5, 5.41) is 10.3. The van der Waals surface area contributed by atoms with E-state index in [9.17, 15) is 18.0 Å². The number of carbonyl (C=O) groups excluding carboxylic acids is 1. The number of benzene rings is 2. The number of hydrogen-bond acceptors (Lipinski definition) is 5. The molecule has 2 aromatic carbocycles. The highest BCUT2D eigenvalue weighted by Crippen LogP contribution is 2.32. The summed E-state index contributed by atoms with van der Waals surface area (Å²) < 4.78 is 40.3. The minimum absolute atomic E-state index is 0.0279. The van der Waals surface area contributed by atoms with Crippen LogP contribution in [0.3, 0.4) is 0 Å². The van der Waals surface area contributed by atoms with Gasteiger partial charge in [-0.15, -0.1) is 0 Å². The maximum atomic E-state index is 12.8. The molecule has 4 aromatic rings. The number of anilines is 3. The van der Waals surface area contributed by atoms with Gasteiger partial charge in [-0.1, -0.05) is 32.0 Å². The average Bonchev–Trinajstić information content (AvgIpc) is 3.22. The summed E-state index contributed by atoms with van der Waals surface area (Å²) in [4.78, 5) is 20.6. The highest BCUT2D eigenvalue weighted by molar-refractivity contribution is 6.01. The van der Waals surface area contributed by atoms with E-state index in [1.54, 1.807) is 28.9 Å². The third-order valence-electron chi connectivity index (χ3n) is 4.87. The largest absolute Gasteiger partial charge is 0.416 e. The summed E-state index contributed by atoms with van der Waals surface area (Å²) in [6, 6.07) is 10.6. The van der Waals surface area contributed by atoms with Gasteiger partial charge in [0.1, 0.15) is 17.8 Å². The number of alkyl halides is 3. The Bertz CT molecular complexity index is 1320. The summed E-state index contributed by atoms with van der Waals surface area (Å²) >= 11 is 0. The Morgan fingerprint density at radius 1 is 1.00 bits per heavy atom. The first-order valence-corrected chi connectivity index (χ1v) is 11.0. The van der Waals surface area contributed by atoms with Crippen molar-refractivity contribution in [2.45, 2.75) is 39.9 Å². The molecule has 2 amide bonds. The van der Waals surface area contributed by atoms with Gasteiger partial charge in [0, 0.05) is 23.0 Å². The highest BCUT2D eigenvalue weighted by atomic mass is 19.4. The van der Waals surface area contributed by atoms with E-state index in [4.69, 9.17) is 5.73 Å². The van der Waals surface area contributed by atoms with Crippen LogP contribution in [0.4, 0.5) is 35.2 Å². The maximum Gasteiger partial charge on any atom is 0.416 e. The third-order valence-corrected chi connectivity index (χ3v) is 4.87. The van der Waals surface area contributed by atoms with Gasteiger partial charge in [0.05, 0.1) is 10.9 Å². The second-order valence-electron chi connectivity index (χ2n) is 7.58. The number of urea groups is 1. The first kappa shape index (κ1) is 25.5. The van der Waals surface area contributed by atoms with Gasteiger partial charge in [0.25, 0.3) is 0 Å². The number of fused-ring (bicyclic) bond motifs is 1. The molecule has 0 aliphatic heterocycles. The van der Waals surface area contributed by atoms with Crippen molar-refractivity contribution in [3.8, 4) is 11.3 Å². The molecular weight excluding hydrogens is 459 g/mol. The van der Waals surface area contributed by atoms with Crippen molar-refractivity contribution in [2.24, 2.45) is 0 Å². The second-order valence-corrected chi connectivity index (χ2v) is 7.58. The van der Waals surface area contributed by atoms with E-state index in [1.165, 1.54) is 18.5 Å². The third kappa shape index (κ3) is 5.68. The topological polar surface area (TPSA) is 111 Å². The molecule has 8 nitrogen and oxygen atoms in total.